The topological polar surface area (TPSA) is 170 Å². The van der Waals surface area contributed by atoms with Gasteiger partial charge in [-0.25, -0.2) is 9.59 Å². The van der Waals surface area contributed by atoms with E-state index in [1.165, 1.54) is 6.92 Å². The summed E-state index contributed by atoms with van der Waals surface area (Å²) in [5, 5.41) is 28.0. The minimum absolute atomic E-state index is 0.0120. The van der Waals surface area contributed by atoms with E-state index in [-0.39, 0.29) is 42.7 Å². The molecular weight excluding hydrogens is 596 g/mol. The Labute approximate surface area is 269 Å². The van der Waals surface area contributed by atoms with E-state index >= 15 is 0 Å². The summed E-state index contributed by atoms with van der Waals surface area (Å²) >= 11 is 0. The van der Waals surface area contributed by atoms with Crippen molar-refractivity contribution in [2.75, 3.05) is 6.54 Å². The van der Waals surface area contributed by atoms with E-state index in [1.54, 1.807) is 32.9 Å². The van der Waals surface area contributed by atoms with Crippen molar-refractivity contribution in [1.29, 1.82) is 0 Å². The number of esters is 2. The minimum Gasteiger partial charge on any atom is -0.504 e. The van der Waals surface area contributed by atoms with Gasteiger partial charge in [0.1, 0.15) is 17.4 Å². The monoisotopic (exact) mass is 642 g/mol. The maximum atomic E-state index is 13.1. The number of nitrogens with one attached hydrogen (secondary N) is 2. The molecule has 6 atom stereocenters. The third-order valence-corrected chi connectivity index (χ3v) is 9.46. The van der Waals surface area contributed by atoms with Crippen LogP contribution in [-0.4, -0.2) is 70.1 Å². The molecule has 3 aliphatic carbocycles. The van der Waals surface area contributed by atoms with E-state index in [2.05, 4.69) is 10.6 Å². The molecule has 0 saturated heterocycles. The summed E-state index contributed by atoms with van der Waals surface area (Å²) in [7, 11) is 0. The lowest BCUT2D eigenvalue weighted by molar-refractivity contribution is -0.171. The molecule has 252 valence electrons. The molecule has 12 heteroatoms. The Kier molecular flexibility index (Phi) is 9.07. The van der Waals surface area contributed by atoms with Crippen LogP contribution in [-0.2, 0) is 40.4 Å². The van der Waals surface area contributed by atoms with Crippen LogP contribution in [0.4, 0.5) is 4.79 Å². The van der Waals surface area contributed by atoms with Gasteiger partial charge in [0.05, 0.1) is 17.4 Å². The Morgan fingerprint density at radius 1 is 1.15 bits per heavy atom. The molecule has 1 fully saturated rings. The molecule has 1 aliphatic heterocycles. The molecule has 4 N–H and O–H groups in total. The molecule has 1 aromatic rings. The normalized spacial score (nSPS) is 26.9. The van der Waals surface area contributed by atoms with Crippen molar-refractivity contribution in [1.82, 2.24) is 10.6 Å². The van der Waals surface area contributed by atoms with E-state index in [9.17, 15) is 29.4 Å². The first kappa shape index (κ1) is 33.6. The van der Waals surface area contributed by atoms with E-state index in [0.717, 1.165) is 24.0 Å². The van der Waals surface area contributed by atoms with Crippen molar-refractivity contribution in [2.24, 2.45) is 11.8 Å². The van der Waals surface area contributed by atoms with Crippen LogP contribution in [0.25, 0.3) is 0 Å². The van der Waals surface area contributed by atoms with Crippen molar-refractivity contribution in [2.45, 2.75) is 121 Å². The molecule has 1 aromatic carbocycles. The number of aromatic hydroxyl groups is 1. The van der Waals surface area contributed by atoms with Crippen LogP contribution >= 0.6 is 0 Å². The Bertz CT molecular complexity index is 1430. The van der Waals surface area contributed by atoms with Gasteiger partial charge in [0.15, 0.2) is 23.7 Å². The fourth-order valence-corrected chi connectivity index (χ4v) is 7.60. The molecule has 12 nitrogen and oxygen atoms in total. The lowest BCUT2D eigenvalue weighted by atomic mass is 9.47. The number of ether oxygens (including phenoxy) is 4. The number of rotatable bonds is 10. The molecule has 1 heterocycles. The van der Waals surface area contributed by atoms with Gasteiger partial charge in [-0.05, 0) is 89.3 Å². The SMILES string of the molecule is CC(C)C[C@H](NC(=O)OC(C)(C)C)C(=O)NCCC(=O)O[C@@H](C)C(=O)OC1=CC[C@@]2(O)[C@@H]3CCC[C@@]24c2c(ccc(O)c2O[C@@H]14)C3. The number of carbonyl (C=O) groups excluding carboxylic acids is 4. The van der Waals surface area contributed by atoms with Gasteiger partial charge in [0.25, 0.3) is 0 Å². The average Bonchev–Trinajstić information content (AvgIpc) is 3.29. The number of alkyl carbamates (subject to hydrolysis) is 1. The first-order valence-electron chi connectivity index (χ1n) is 16.2. The number of phenols is 1. The molecule has 1 spiro atoms. The van der Waals surface area contributed by atoms with Crippen molar-refractivity contribution < 1.29 is 48.3 Å². The number of amides is 2. The van der Waals surface area contributed by atoms with Gasteiger partial charge in [-0.15, -0.1) is 0 Å². The number of carbonyl (C=O) groups is 4. The summed E-state index contributed by atoms with van der Waals surface area (Å²) in [5.74, 6) is -1.37. The fourth-order valence-electron chi connectivity index (χ4n) is 7.60. The Morgan fingerprint density at radius 3 is 2.59 bits per heavy atom. The highest BCUT2D eigenvalue weighted by Crippen LogP contribution is 2.67. The van der Waals surface area contributed by atoms with E-state index < -0.39 is 58.8 Å². The Morgan fingerprint density at radius 2 is 1.89 bits per heavy atom. The van der Waals surface area contributed by atoms with Crippen LogP contribution < -0.4 is 15.4 Å². The zero-order valence-corrected chi connectivity index (χ0v) is 27.4. The number of hydrogen-bond acceptors (Lipinski definition) is 10. The van der Waals surface area contributed by atoms with Crippen LogP contribution in [0.15, 0.2) is 24.0 Å². The molecule has 4 aliphatic rings. The third kappa shape index (κ3) is 6.15. The molecule has 0 radical (unpaired) electrons. The third-order valence-electron chi connectivity index (χ3n) is 9.46. The van der Waals surface area contributed by atoms with Crippen LogP contribution in [0, 0.1) is 11.8 Å². The lowest BCUT2D eigenvalue weighted by Crippen LogP contribution is -2.67. The van der Waals surface area contributed by atoms with Crippen molar-refractivity contribution in [3.63, 3.8) is 0 Å². The van der Waals surface area contributed by atoms with E-state index in [1.807, 2.05) is 19.9 Å². The number of phenolic OH excluding ortho intramolecular Hbond substituents is 1. The molecule has 2 bridgehead atoms. The van der Waals surface area contributed by atoms with Gasteiger partial charge < -0.3 is 39.8 Å². The summed E-state index contributed by atoms with van der Waals surface area (Å²) < 4.78 is 22.6. The summed E-state index contributed by atoms with van der Waals surface area (Å²) in [6, 6.07) is 2.63. The predicted octanol–water partition coefficient (Wildman–Crippen LogP) is 3.69. The van der Waals surface area contributed by atoms with Crippen LogP contribution in [0.5, 0.6) is 11.5 Å². The van der Waals surface area contributed by atoms with Crippen molar-refractivity contribution >= 4 is 23.9 Å². The second-order valence-corrected chi connectivity index (χ2v) is 14.4. The quantitative estimate of drug-likeness (QED) is 0.218. The molecular formula is C34H46N2O10. The maximum Gasteiger partial charge on any atom is 0.408 e. The minimum atomic E-state index is -1.26. The van der Waals surface area contributed by atoms with Gasteiger partial charge in [0.2, 0.25) is 5.91 Å². The highest BCUT2D eigenvalue weighted by molar-refractivity contribution is 5.86. The summed E-state index contributed by atoms with van der Waals surface area (Å²) in [5.41, 5.74) is -0.848. The molecule has 1 saturated carbocycles. The molecule has 0 aromatic heterocycles. The van der Waals surface area contributed by atoms with Crippen LogP contribution in [0.2, 0.25) is 0 Å². The number of aliphatic hydroxyl groups is 1. The van der Waals surface area contributed by atoms with Gasteiger partial charge in [-0.3, -0.25) is 9.59 Å². The first-order valence-corrected chi connectivity index (χ1v) is 16.2. The number of benzene rings is 1. The fraction of sp³-hybridized carbons (Fsp3) is 0.647. The van der Waals surface area contributed by atoms with Gasteiger partial charge in [-0.1, -0.05) is 26.3 Å². The van der Waals surface area contributed by atoms with Gasteiger partial charge >= 0.3 is 18.0 Å². The lowest BCUT2D eigenvalue weighted by Gasteiger charge is -2.59. The maximum absolute atomic E-state index is 13.1. The smallest absolute Gasteiger partial charge is 0.408 e. The molecule has 5 rings (SSSR count). The highest BCUT2D eigenvalue weighted by atomic mass is 16.6. The van der Waals surface area contributed by atoms with E-state index in [0.29, 0.717) is 25.0 Å². The Hall–Kier alpha value is -3.80. The van der Waals surface area contributed by atoms with Crippen LogP contribution in [0.3, 0.4) is 0 Å². The van der Waals surface area contributed by atoms with Gasteiger partial charge in [-0.2, -0.15) is 0 Å². The number of hydrogen-bond donors (Lipinski definition) is 4. The zero-order chi connectivity index (χ0) is 33.6. The molecule has 46 heavy (non-hydrogen) atoms. The summed E-state index contributed by atoms with van der Waals surface area (Å²) in [6.07, 6.45) is 2.34. The largest absolute Gasteiger partial charge is 0.504 e. The predicted molar refractivity (Wildman–Crippen MR) is 165 cm³/mol. The standard InChI is InChI=1S/C34H46N2O10/c1-18(2)16-22(36-31(41)46-32(4,5)6)29(39)35-15-12-25(38)43-19(3)30(40)44-24-11-14-34(42)21-8-7-13-33(34)26-20(17-21)9-10-23(37)27(26)45-28(24)33/h9-11,18-19,21-22,28,37,42H,7-8,12-17H2,1-6H3,(H,35,39)(H,36,41)/t19-,21+,22-,28-,33-,34+/m0/s1. The zero-order valence-electron chi connectivity index (χ0n) is 27.4. The average molecular weight is 643 g/mol. The Balaban J connectivity index is 1.17. The van der Waals surface area contributed by atoms with Crippen LogP contribution in [0.1, 0.15) is 91.2 Å². The highest BCUT2D eigenvalue weighted by Gasteiger charge is 2.70. The first-order chi connectivity index (χ1) is 21.6. The second-order valence-electron chi connectivity index (χ2n) is 14.4. The molecule has 0 unspecified atom stereocenters. The molecule has 2 amide bonds. The van der Waals surface area contributed by atoms with Gasteiger partial charge in [0, 0.05) is 12.1 Å². The summed E-state index contributed by atoms with van der Waals surface area (Å²) in [4.78, 5) is 50.7. The van der Waals surface area contributed by atoms with Crippen molar-refractivity contribution in [3.05, 3.63) is 35.1 Å². The van der Waals surface area contributed by atoms with E-state index in [4.69, 9.17) is 18.9 Å². The van der Waals surface area contributed by atoms with Crippen molar-refractivity contribution in [3.8, 4) is 11.5 Å². The summed E-state index contributed by atoms with van der Waals surface area (Å²) in [6.45, 7) is 10.3. The second kappa shape index (κ2) is 12.4.